The first-order valence-electron chi connectivity index (χ1n) is 9.09. The molecule has 1 aromatic rings. The lowest BCUT2D eigenvalue weighted by Gasteiger charge is -2.39. The van der Waals surface area contributed by atoms with E-state index in [1.165, 1.54) is 11.4 Å². The van der Waals surface area contributed by atoms with E-state index in [9.17, 15) is 4.79 Å². The summed E-state index contributed by atoms with van der Waals surface area (Å²) in [6.45, 7) is 11.2. The summed E-state index contributed by atoms with van der Waals surface area (Å²) in [5.74, 6) is 0.726. The molecule has 2 fully saturated rings. The molecule has 0 spiro atoms. The van der Waals surface area contributed by atoms with Crippen molar-refractivity contribution in [2.75, 3.05) is 62.3 Å². The van der Waals surface area contributed by atoms with Gasteiger partial charge in [-0.2, -0.15) is 0 Å². The van der Waals surface area contributed by atoms with Gasteiger partial charge in [-0.05, 0) is 18.1 Å². The Kier molecular flexibility index (Phi) is 5.61. The van der Waals surface area contributed by atoms with Crippen LogP contribution in [0.4, 0.5) is 11.4 Å². The Bertz CT molecular complexity index is 547. The molecule has 0 saturated carbocycles. The second-order valence-corrected chi connectivity index (χ2v) is 7.05. The lowest BCUT2D eigenvalue weighted by Crippen LogP contribution is -2.49. The highest BCUT2D eigenvalue weighted by atomic mass is 16.5. The summed E-state index contributed by atoms with van der Waals surface area (Å²) in [6.07, 6.45) is 0.657. The van der Waals surface area contributed by atoms with Crippen molar-refractivity contribution in [3.63, 3.8) is 0 Å². The monoisotopic (exact) mass is 331 g/mol. The van der Waals surface area contributed by atoms with Crippen LogP contribution in [0.3, 0.4) is 0 Å². The first-order valence-corrected chi connectivity index (χ1v) is 9.09. The topological polar surface area (TPSA) is 36.0 Å². The maximum atomic E-state index is 12.3. The average Bonchev–Trinajstić information content (AvgIpc) is 2.62. The van der Waals surface area contributed by atoms with Crippen molar-refractivity contribution >= 4 is 17.3 Å². The number of carbonyl (C=O) groups is 1. The molecule has 132 valence electrons. The van der Waals surface area contributed by atoms with Crippen molar-refractivity contribution in [2.45, 2.75) is 20.3 Å². The van der Waals surface area contributed by atoms with E-state index in [1.54, 1.807) is 0 Å². The van der Waals surface area contributed by atoms with Crippen LogP contribution in [0.15, 0.2) is 24.3 Å². The molecule has 2 saturated heterocycles. The fourth-order valence-electron chi connectivity index (χ4n) is 3.48. The van der Waals surface area contributed by atoms with Crippen molar-refractivity contribution in [2.24, 2.45) is 5.92 Å². The summed E-state index contributed by atoms with van der Waals surface area (Å²) in [5, 5.41) is 0. The van der Waals surface area contributed by atoms with Crippen LogP contribution in [0, 0.1) is 5.92 Å². The van der Waals surface area contributed by atoms with Crippen LogP contribution in [0.1, 0.15) is 20.3 Å². The average molecular weight is 331 g/mol. The molecule has 5 nitrogen and oxygen atoms in total. The summed E-state index contributed by atoms with van der Waals surface area (Å²) >= 11 is 0. The van der Waals surface area contributed by atoms with Gasteiger partial charge < -0.3 is 19.4 Å². The zero-order valence-electron chi connectivity index (χ0n) is 14.9. The minimum Gasteiger partial charge on any atom is -0.378 e. The first-order chi connectivity index (χ1) is 11.6. The number of ether oxygens (including phenoxy) is 1. The van der Waals surface area contributed by atoms with Gasteiger partial charge in [0.1, 0.15) is 0 Å². The molecule has 24 heavy (non-hydrogen) atoms. The van der Waals surface area contributed by atoms with E-state index in [-0.39, 0.29) is 0 Å². The zero-order valence-corrected chi connectivity index (χ0v) is 14.9. The van der Waals surface area contributed by atoms with E-state index in [0.717, 1.165) is 52.5 Å². The Balaban J connectivity index is 1.65. The van der Waals surface area contributed by atoms with Crippen molar-refractivity contribution in [3.8, 4) is 0 Å². The lowest BCUT2D eigenvalue weighted by atomic mass is 10.1. The molecule has 5 heteroatoms. The summed E-state index contributed by atoms with van der Waals surface area (Å²) in [4.78, 5) is 19.1. The standard InChI is InChI=1S/C19H29N3O2/c1-16(2)15-19(23)22-9-7-20(8-10-22)17-5-3-4-6-18(17)21-11-13-24-14-12-21/h3-6,16H,7-15H2,1-2H3. The van der Waals surface area contributed by atoms with Crippen LogP contribution in [0.25, 0.3) is 0 Å². The van der Waals surface area contributed by atoms with Crippen molar-refractivity contribution in [1.82, 2.24) is 4.90 Å². The van der Waals surface area contributed by atoms with Gasteiger partial charge in [-0.15, -0.1) is 0 Å². The maximum Gasteiger partial charge on any atom is 0.222 e. The largest absolute Gasteiger partial charge is 0.378 e. The molecule has 3 rings (SSSR count). The van der Waals surface area contributed by atoms with Gasteiger partial charge >= 0.3 is 0 Å². The molecular formula is C19H29N3O2. The van der Waals surface area contributed by atoms with Gasteiger partial charge in [-0.3, -0.25) is 4.79 Å². The number of morpholine rings is 1. The number of benzene rings is 1. The quantitative estimate of drug-likeness (QED) is 0.848. The molecule has 0 aliphatic carbocycles. The van der Waals surface area contributed by atoms with Crippen LogP contribution in [-0.4, -0.2) is 63.3 Å². The highest BCUT2D eigenvalue weighted by Gasteiger charge is 2.24. The Morgan fingerprint density at radius 1 is 0.958 bits per heavy atom. The van der Waals surface area contributed by atoms with E-state index in [2.05, 4.69) is 47.9 Å². The first kappa shape index (κ1) is 17.1. The SMILES string of the molecule is CC(C)CC(=O)N1CCN(c2ccccc2N2CCOCC2)CC1. The molecule has 1 amide bonds. The Labute approximate surface area is 145 Å². The molecule has 0 N–H and O–H groups in total. The third-order valence-electron chi connectivity index (χ3n) is 4.79. The van der Waals surface area contributed by atoms with Crippen molar-refractivity contribution in [1.29, 1.82) is 0 Å². The number of hydrogen-bond donors (Lipinski definition) is 0. The summed E-state index contributed by atoms with van der Waals surface area (Å²) in [5.41, 5.74) is 2.58. The Morgan fingerprint density at radius 3 is 2.04 bits per heavy atom. The predicted octanol–water partition coefficient (Wildman–Crippen LogP) is 2.22. The van der Waals surface area contributed by atoms with Crippen LogP contribution >= 0.6 is 0 Å². The Morgan fingerprint density at radius 2 is 1.50 bits per heavy atom. The molecule has 0 bridgehead atoms. The maximum absolute atomic E-state index is 12.3. The van der Waals surface area contributed by atoms with Gasteiger partial charge in [0, 0.05) is 45.7 Å². The number of rotatable bonds is 4. The number of amides is 1. The number of piperazine rings is 1. The zero-order chi connectivity index (χ0) is 16.9. The van der Waals surface area contributed by atoms with Crippen LogP contribution < -0.4 is 9.80 Å². The normalized spacial score (nSPS) is 19.0. The number of hydrogen-bond acceptors (Lipinski definition) is 4. The molecule has 0 aromatic heterocycles. The second-order valence-electron chi connectivity index (χ2n) is 7.05. The van der Waals surface area contributed by atoms with E-state index in [1.807, 2.05) is 4.90 Å². The molecule has 1 aromatic carbocycles. The van der Waals surface area contributed by atoms with Gasteiger partial charge in [0.15, 0.2) is 0 Å². The van der Waals surface area contributed by atoms with Crippen molar-refractivity contribution < 1.29 is 9.53 Å². The number of para-hydroxylation sites is 2. The van der Waals surface area contributed by atoms with Gasteiger partial charge in [-0.25, -0.2) is 0 Å². The number of carbonyl (C=O) groups excluding carboxylic acids is 1. The molecule has 0 unspecified atom stereocenters. The molecule has 0 atom stereocenters. The molecule has 2 aliphatic heterocycles. The van der Waals surface area contributed by atoms with Gasteiger partial charge in [0.25, 0.3) is 0 Å². The summed E-state index contributed by atoms with van der Waals surface area (Å²) in [6, 6.07) is 8.62. The molecule has 0 radical (unpaired) electrons. The van der Waals surface area contributed by atoms with Crippen LogP contribution in [-0.2, 0) is 9.53 Å². The third-order valence-corrected chi connectivity index (χ3v) is 4.79. The summed E-state index contributed by atoms with van der Waals surface area (Å²) < 4.78 is 5.48. The van der Waals surface area contributed by atoms with Crippen LogP contribution in [0.5, 0.6) is 0 Å². The minimum absolute atomic E-state index is 0.297. The van der Waals surface area contributed by atoms with E-state index in [0.29, 0.717) is 18.2 Å². The van der Waals surface area contributed by atoms with E-state index >= 15 is 0 Å². The third kappa shape index (κ3) is 4.01. The smallest absolute Gasteiger partial charge is 0.222 e. The molecule has 2 heterocycles. The van der Waals surface area contributed by atoms with E-state index in [4.69, 9.17) is 4.74 Å². The van der Waals surface area contributed by atoms with Gasteiger partial charge in [0.2, 0.25) is 5.91 Å². The number of nitrogens with zero attached hydrogens (tertiary/aromatic N) is 3. The lowest BCUT2D eigenvalue weighted by molar-refractivity contribution is -0.132. The van der Waals surface area contributed by atoms with Crippen molar-refractivity contribution in [3.05, 3.63) is 24.3 Å². The second kappa shape index (κ2) is 7.88. The Hall–Kier alpha value is -1.75. The van der Waals surface area contributed by atoms with Gasteiger partial charge in [0.05, 0.1) is 24.6 Å². The minimum atomic E-state index is 0.297. The molecular weight excluding hydrogens is 302 g/mol. The highest BCUT2D eigenvalue weighted by Crippen LogP contribution is 2.30. The predicted molar refractivity (Wildman–Crippen MR) is 97.7 cm³/mol. The number of anilines is 2. The highest BCUT2D eigenvalue weighted by molar-refractivity contribution is 5.77. The summed E-state index contributed by atoms with van der Waals surface area (Å²) in [7, 11) is 0. The van der Waals surface area contributed by atoms with Crippen LogP contribution in [0.2, 0.25) is 0 Å². The molecule has 2 aliphatic rings. The van der Waals surface area contributed by atoms with E-state index < -0.39 is 0 Å². The fourth-order valence-corrected chi connectivity index (χ4v) is 3.48. The fraction of sp³-hybridized carbons (Fsp3) is 0.632. The van der Waals surface area contributed by atoms with Gasteiger partial charge in [-0.1, -0.05) is 26.0 Å².